The van der Waals surface area contributed by atoms with Gasteiger partial charge in [0, 0.05) is 12.7 Å². The Bertz CT molecular complexity index is 714. The van der Waals surface area contributed by atoms with Crippen LogP contribution in [-0.4, -0.2) is 24.8 Å². The minimum Gasteiger partial charge on any atom is -0.366 e. The Morgan fingerprint density at radius 2 is 1.55 bits per heavy atom. The molecule has 2 aromatic rings. The van der Waals surface area contributed by atoms with Gasteiger partial charge in [-0.2, -0.15) is 0 Å². The first-order chi connectivity index (χ1) is 10.5. The molecule has 0 aromatic heterocycles. The Labute approximate surface area is 127 Å². The standard InChI is InChI=1S/C16H15N3O3/c1-19(11-7-3-2-4-8-11)16(22)15(21)18-13-10-6-5-9-12(13)14(17)20/h2-10H,1H3,(H2,17,20)(H,18,21). The zero-order chi connectivity index (χ0) is 16.1. The molecule has 112 valence electrons. The number of anilines is 2. The molecule has 0 aliphatic carbocycles. The summed E-state index contributed by atoms with van der Waals surface area (Å²) in [6.07, 6.45) is 0. The third-order valence-electron chi connectivity index (χ3n) is 3.08. The molecule has 0 saturated carbocycles. The number of carbonyl (C=O) groups is 3. The fraction of sp³-hybridized carbons (Fsp3) is 0.0625. The topological polar surface area (TPSA) is 92.5 Å². The third kappa shape index (κ3) is 3.29. The van der Waals surface area contributed by atoms with Crippen LogP contribution in [0.15, 0.2) is 54.6 Å². The van der Waals surface area contributed by atoms with Gasteiger partial charge in [0.15, 0.2) is 0 Å². The summed E-state index contributed by atoms with van der Waals surface area (Å²) >= 11 is 0. The minimum absolute atomic E-state index is 0.144. The number of hydrogen-bond acceptors (Lipinski definition) is 3. The smallest absolute Gasteiger partial charge is 0.316 e. The van der Waals surface area contributed by atoms with Gasteiger partial charge in [-0.1, -0.05) is 30.3 Å². The highest BCUT2D eigenvalue weighted by Gasteiger charge is 2.21. The number of carbonyl (C=O) groups excluding carboxylic acids is 3. The number of likely N-dealkylation sites (N-methyl/N-ethyl adjacent to an activating group) is 1. The average Bonchev–Trinajstić information content (AvgIpc) is 2.54. The highest BCUT2D eigenvalue weighted by atomic mass is 16.2. The molecular weight excluding hydrogens is 282 g/mol. The second kappa shape index (κ2) is 6.53. The Morgan fingerprint density at radius 1 is 0.955 bits per heavy atom. The summed E-state index contributed by atoms with van der Waals surface area (Å²) in [6, 6.07) is 15.0. The Balaban J connectivity index is 2.16. The van der Waals surface area contributed by atoms with E-state index in [1.165, 1.54) is 24.1 Å². The molecule has 0 fully saturated rings. The molecule has 0 saturated heterocycles. The van der Waals surface area contributed by atoms with Gasteiger partial charge in [-0.15, -0.1) is 0 Å². The van der Waals surface area contributed by atoms with Crippen LogP contribution in [0.4, 0.5) is 11.4 Å². The third-order valence-corrected chi connectivity index (χ3v) is 3.08. The Morgan fingerprint density at radius 3 is 2.18 bits per heavy atom. The van der Waals surface area contributed by atoms with Gasteiger partial charge in [0.25, 0.3) is 5.91 Å². The first-order valence-corrected chi connectivity index (χ1v) is 6.53. The van der Waals surface area contributed by atoms with Crippen LogP contribution in [0, 0.1) is 0 Å². The predicted molar refractivity (Wildman–Crippen MR) is 83.4 cm³/mol. The fourth-order valence-corrected chi connectivity index (χ4v) is 1.90. The quantitative estimate of drug-likeness (QED) is 0.838. The average molecular weight is 297 g/mol. The number of amides is 3. The summed E-state index contributed by atoms with van der Waals surface area (Å²) in [5.41, 5.74) is 6.17. The van der Waals surface area contributed by atoms with E-state index in [1.807, 2.05) is 6.07 Å². The molecule has 0 aliphatic rings. The van der Waals surface area contributed by atoms with Gasteiger partial charge in [-0.25, -0.2) is 0 Å². The maximum Gasteiger partial charge on any atom is 0.316 e. The van der Waals surface area contributed by atoms with Crippen molar-refractivity contribution in [3.05, 3.63) is 60.2 Å². The van der Waals surface area contributed by atoms with Crippen LogP contribution < -0.4 is 16.0 Å². The van der Waals surface area contributed by atoms with E-state index in [0.29, 0.717) is 5.69 Å². The van der Waals surface area contributed by atoms with E-state index in [2.05, 4.69) is 5.32 Å². The van der Waals surface area contributed by atoms with Crippen molar-refractivity contribution in [2.45, 2.75) is 0 Å². The van der Waals surface area contributed by atoms with Crippen LogP contribution in [0.5, 0.6) is 0 Å². The lowest BCUT2D eigenvalue weighted by Gasteiger charge is -2.17. The van der Waals surface area contributed by atoms with Crippen molar-refractivity contribution in [2.24, 2.45) is 5.73 Å². The van der Waals surface area contributed by atoms with Crippen LogP contribution in [0.25, 0.3) is 0 Å². The van der Waals surface area contributed by atoms with E-state index in [-0.39, 0.29) is 11.3 Å². The van der Waals surface area contributed by atoms with Crippen LogP contribution in [-0.2, 0) is 9.59 Å². The van der Waals surface area contributed by atoms with Gasteiger partial charge in [-0.3, -0.25) is 14.4 Å². The second-order valence-electron chi connectivity index (χ2n) is 4.56. The molecule has 3 N–H and O–H groups in total. The summed E-state index contributed by atoms with van der Waals surface area (Å²) in [6.45, 7) is 0. The monoisotopic (exact) mass is 297 g/mol. The first-order valence-electron chi connectivity index (χ1n) is 6.53. The van der Waals surface area contributed by atoms with Crippen molar-refractivity contribution in [2.75, 3.05) is 17.3 Å². The number of nitrogens with zero attached hydrogens (tertiary/aromatic N) is 1. The van der Waals surface area contributed by atoms with Gasteiger partial charge >= 0.3 is 11.8 Å². The van der Waals surface area contributed by atoms with Gasteiger partial charge in [0.2, 0.25) is 0 Å². The molecule has 2 aromatic carbocycles. The van der Waals surface area contributed by atoms with E-state index in [1.54, 1.807) is 36.4 Å². The van der Waals surface area contributed by atoms with Gasteiger partial charge in [0.1, 0.15) is 0 Å². The van der Waals surface area contributed by atoms with Crippen molar-refractivity contribution in [3.8, 4) is 0 Å². The number of rotatable bonds is 3. The normalized spacial score (nSPS) is 9.86. The van der Waals surface area contributed by atoms with E-state index >= 15 is 0 Å². The van der Waals surface area contributed by atoms with Crippen molar-refractivity contribution >= 4 is 29.1 Å². The van der Waals surface area contributed by atoms with Crippen LogP contribution in [0.2, 0.25) is 0 Å². The van der Waals surface area contributed by atoms with Gasteiger partial charge in [-0.05, 0) is 24.3 Å². The predicted octanol–water partition coefficient (Wildman–Crippen LogP) is 1.39. The summed E-state index contributed by atoms with van der Waals surface area (Å²) in [5.74, 6) is -2.27. The summed E-state index contributed by atoms with van der Waals surface area (Å²) in [5, 5.41) is 2.41. The molecule has 3 amide bonds. The van der Waals surface area contributed by atoms with Crippen LogP contribution in [0.1, 0.15) is 10.4 Å². The first kappa shape index (κ1) is 15.2. The number of nitrogens with one attached hydrogen (secondary N) is 1. The van der Waals surface area contributed by atoms with E-state index < -0.39 is 17.7 Å². The molecule has 0 radical (unpaired) electrons. The number of para-hydroxylation sites is 2. The van der Waals surface area contributed by atoms with E-state index in [4.69, 9.17) is 5.73 Å². The summed E-state index contributed by atoms with van der Waals surface area (Å²) < 4.78 is 0. The summed E-state index contributed by atoms with van der Waals surface area (Å²) in [7, 11) is 1.50. The molecule has 0 bridgehead atoms. The molecule has 0 atom stereocenters. The second-order valence-corrected chi connectivity index (χ2v) is 4.56. The highest BCUT2D eigenvalue weighted by molar-refractivity contribution is 6.44. The fourth-order valence-electron chi connectivity index (χ4n) is 1.90. The molecule has 22 heavy (non-hydrogen) atoms. The van der Waals surface area contributed by atoms with Crippen molar-refractivity contribution in [1.29, 1.82) is 0 Å². The van der Waals surface area contributed by atoms with Crippen molar-refractivity contribution in [1.82, 2.24) is 0 Å². The maximum absolute atomic E-state index is 12.1. The number of hydrogen-bond donors (Lipinski definition) is 2. The molecular formula is C16H15N3O3. The maximum atomic E-state index is 12.1. The number of nitrogens with two attached hydrogens (primary N) is 1. The molecule has 0 heterocycles. The highest BCUT2D eigenvalue weighted by Crippen LogP contribution is 2.15. The molecule has 6 nitrogen and oxygen atoms in total. The minimum atomic E-state index is -0.847. The largest absolute Gasteiger partial charge is 0.366 e. The molecule has 2 rings (SSSR count). The van der Waals surface area contributed by atoms with Crippen LogP contribution >= 0.6 is 0 Å². The molecule has 0 aliphatic heterocycles. The van der Waals surface area contributed by atoms with Crippen LogP contribution in [0.3, 0.4) is 0 Å². The van der Waals surface area contributed by atoms with E-state index in [0.717, 1.165) is 0 Å². The number of primary amides is 1. The number of benzene rings is 2. The zero-order valence-electron chi connectivity index (χ0n) is 11.9. The lowest BCUT2D eigenvalue weighted by Crippen LogP contribution is -2.37. The van der Waals surface area contributed by atoms with Gasteiger partial charge < -0.3 is 16.0 Å². The lowest BCUT2D eigenvalue weighted by molar-refractivity contribution is -0.134. The summed E-state index contributed by atoms with van der Waals surface area (Å²) in [4.78, 5) is 36.7. The van der Waals surface area contributed by atoms with E-state index in [9.17, 15) is 14.4 Å². The Kier molecular flexibility index (Phi) is 4.53. The molecule has 6 heteroatoms. The SMILES string of the molecule is CN(C(=O)C(=O)Nc1ccccc1C(N)=O)c1ccccc1. The molecule has 0 unspecified atom stereocenters. The Hall–Kier alpha value is -3.15. The zero-order valence-corrected chi connectivity index (χ0v) is 11.9. The van der Waals surface area contributed by atoms with Gasteiger partial charge in [0.05, 0.1) is 11.3 Å². The van der Waals surface area contributed by atoms with Crippen molar-refractivity contribution in [3.63, 3.8) is 0 Å². The lowest BCUT2D eigenvalue weighted by atomic mass is 10.1. The van der Waals surface area contributed by atoms with Crippen molar-refractivity contribution < 1.29 is 14.4 Å². The molecule has 0 spiro atoms.